The molecule has 1 aliphatic heterocycles. The SMILES string of the molecule is Cc1sc2ncc(C(=O)N3CCCC3CC(C)O)c(=O)n2c1C. The van der Waals surface area contributed by atoms with Gasteiger partial charge in [-0.1, -0.05) is 0 Å². The van der Waals surface area contributed by atoms with Gasteiger partial charge in [-0.15, -0.1) is 11.3 Å². The van der Waals surface area contributed by atoms with Crippen LogP contribution in [0.1, 0.15) is 47.1 Å². The maximum Gasteiger partial charge on any atom is 0.271 e. The van der Waals surface area contributed by atoms with Crippen LogP contribution in [0.5, 0.6) is 0 Å². The first-order valence-corrected chi connectivity index (χ1v) is 8.68. The summed E-state index contributed by atoms with van der Waals surface area (Å²) in [5, 5.41) is 9.60. The topological polar surface area (TPSA) is 74.9 Å². The fourth-order valence-electron chi connectivity index (χ4n) is 3.22. The Balaban J connectivity index is 1.99. The van der Waals surface area contributed by atoms with Crippen molar-refractivity contribution in [3.05, 3.63) is 32.7 Å². The Bertz CT molecular complexity index is 809. The summed E-state index contributed by atoms with van der Waals surface area (Å²) in [4.78, 5) is 33.2. The predicted octanol–water partition coefficient (Wildman–Crippen LogP) is 1.75. The molecule has 0 radical (unpaired) electrons. The monoisotopic (exact) mass is 335 g/mol. The molecule has 0 saturated carbocycles. The van der Waals surface area contributed by atoms with E-state index >= 15 is 0 Å². The number of aryl methyl sites for hydroxylation is 2. The molecule has 2 aromatic heterocycles. The molecule has 1 fully saturated rings. The third-order valence-corrected chi connectivity index (χ3v) is 5.57. The lowest BCUT2D eigenvalue weighted by Crippen LogP contribution is -2.40. The number of thiazole rings is 1. The summed E-state index contributed by atoms with van der Waals surface area (Å²) in [6.07, 6.45) is 3.24. The standard InChI is InChI=1S/C16H21N3O3S/c1-9(20)7-12-5-4-6-18(12)14(21)13-8-17-16-19(15(13)22)10(2)11(3)23-16/h8-9,12,20H,4-7H2,1-3H3. The van der Waals surface area contributed by atoms with Gasteiger partial charge in [-0.3, -0.25) is 14.0 Å². The van der Waals surface area contributed by atoms with E-state index in [0.29, 0.717) is 17.9 Å². The third kappa shape index (κ3) is 2.79. The zero-order valence-electron chi connectivity index (χ0n) is 13.6. The molecule has 3 rings (SSSR count). The normalized spacial score (nSPS) is 19.5. The van der Waals surface area contributed by atoms with Crippen LogP contribution in [-0.2, 0) is 0 Å². The lowest BCUT2D eigenvalue weighted by atomic mass is 10.1. The minimum absolute atomic E-state index is 0.00657. The van der Waals surface area contributed by atoms with Crippen molar-refractivity contribution in [3.63, 3.8) is 0 Å². The van der Waals surface area contributed by atoms with Crippen molar-refractivity contribution in [3.8, 4) is 0 Å². The molecule has 124 valence electrons. The van der Waals surface area contributed by atoms with E-state index in [0.717, 1.165) is 23.4 Å². The highest BCUT2D eigenvalue weighted by atomic mass is 32.1. The van der Waals surface area contributed by atoms with Crippen LogP contribution in [0.15, 0.2) is 11.0 Å². The van der Waals surface area contributed by atoms with E-state index in [1.807, 2.05) is 13.8 Å². The Hall–Kier alpha value is -1.73. The highest BCUT2D eigenvalue weighted by Crippen LogP contribution is 2.24. The average molecular weight is 335 g/mol. The Kier molecular flexibility index (Phi) is 4.25. The second-order valence-electron chi connectivity index (χ2n) is 6.22. The largest absolute Gasteiger partial charge is 0.393 e. The number of hydrogen-bond acceptors (Lipinski definition) is 5. The Morgan fingerprint density at radius 1 is 1.52 bits per heavy atom. The molecule has 0 bridgehead atoms. The second-order valence-corrected chi connectivity index (χ2v) is 7.40. The minimum atomic E-state index is -0.461. The first-order chi connectivity index (χ1) is 10.9. The molecule has 1 saturated heterocycles. The first-order valence-electron chi connectivity index (χ1n) is 7.87. The van der Waals surface area contributed by atoms with E-state index in [9.17, 15) is 14.7 Å². The fraction of sp³-hybridized carbons (Fsp3) is 0.562. The van der Waals surface area contributed by atoms with Crippen LogP contribution in [-0.4, -0.2) is 44.0 Å². The van der Waals surface area contributed by atoms with Crippen LogP contribution in [0.3, 0.4) is 0 Å². The molecule has 23 heavy (non-hydrogen) atoms. The molecule has 2 unspecified atom stereocenters. The molecule has 2 aromatic rings. The van der Waals surface area contributed by atoms with E-state index in [2.05, 4.69) is 4.98 Å². The molecular formula is C16H21N3O3S. The van der Waals surface area contributed by atoms with Crippen molar-refractivity contribution in [1.82, 2.24) is 14.3 Å². The zero-order valence-corrected chi connectivity index (χ0v) is 14.4. The van der Waals surface area contributed by atoms with Gasteiger partial charge in [0, 0.05) is 29.4 Å². The predicted molar refractivity (Wildman–Crippen MR) is 89.2 cm³/mol. The summed E-state index contributed by atoms with van der Waals surface area (Å²) in [6, 6.07) is -0.00657. The highest BCUT2D eigenvalue weighted by Gasteiger charge is 2.32. The lowest BCUT2D eigenvalue weighted by molar-refractivity contribution is 0.0679. The lowest BCUT2D eigenvalue weighted by Gasteiger charge is -2.25. The number of fused-ring (bicyclic) bond motifs is 1. The minimum Gasteiger partial charge on any atom is -0.393 e. The number of aliphatic hydroxyl groups is 1. The van der Waals surface area contributed by atoms with Crippen LogP contribution in [0.4, 0.5) is 0 Å². The Morgan fingerprint density at radius 2 is 2.26 bits per heavy atom. The number of hydrogen-bond donors (Lipinski definition) is 1. The molecule has 3 heterocycles. The molecule has 1 amide bonds. The molecule has 7 heteroatoms. The molecule has 1 aliphatic rings. The number of aromatic nitrogens is 2. The number of aliphatic hydroxyl groups excluding tert-OH is 1. The van der Waals surface area contributed by atoms with Gasteiger partial charge in [0.1, 0.15) is 5.56 Å². The molecule has 1 N–H and O–H groups in total. The van der Waals surface area contributed by atoms with Gasteiger partial charge in [0.15, 0.2) is 4.96 Å². The molecule has 0 spiro atoms. The quantitative estimate of drug-likeness (QED) is 0.927. The van der Waals surface area contributed by atoms with Crippen molar-refractivity contribution in [2.75, 3.05) is 6.54 Å². The van der Waals surface area contributed by atoms with E-state index < -0.39 is 6.10 Å². The van der Waals surface area contributed by atoms with Crippen LogP contribution in [0.2, 0.25) is 0 Å². The maximum atomic E-state index is 12.8. The second kappa shape index (κ2) is 6.05. The summed E-state index contributed by atoms with van der Waals surface area (Å²) >= 11 is 1.45. The number of likely N-dealkylation sites (tertiary alicyclic amines) is 1. The van der Waals surface area contributed by atoms with Gasteiger partial charge in [0.2, 0.25) is 0 Å². The van der Waals surface area contributed by atoms with Crippen molar-refractivity contribution in [2.24, 2.45) is 0 Å². The van der Waals surface area contributed by atoms with Crippen LogP contribution in [0.25, 0.3) is 4.96 Å². The number of carbonyl (C=O) groups excluding carboxylic acids is 1. The molecular weight excluding hydrogens is 314 g/mol. The summed E-state index contributed by atoms with van der Waals surface area (Å²) < 4.78 is 1.52. The van der Waals surface area contributed by atoms with Crippen LogP contribution >= 0.6 is 11.3 Å². The van der Waals surface area contributed by atoms with E-state index in [-0.39, 0.29) is 23.1 Å². The van der Waals surface area contributed by atoms with E-state index in [4.69, 9.17) is 0 Å². The van der Waals surface area contributed by atoms with Gasteiger partial charge >= 0.3 is 0 Å². The Labute approximate surface area is 138 Å². The van der Waals surface area contributed by atoms with Gasteiger partial charge in [-0.2, -0.15) is 0 Å². The summed E-state index contributed by atoms with van der Waals surface area (Å²) in [5.41, 5.74) is 0.643. The molecule has 0 aromatic carbocycles. The van der Waals surface area contributed by atoms with Crippen LogP contribution in [0, 0.1) is 13.8 Å². The third-order valence-electron chi connectivity index (χ3n) is 4.50. The van der Waals surface area contributed by atoms with Crippen LogP contribution < -0.4 is 5.56 Å². The van der Waals surface area contributed by atoms with Gasteiger partial charge in [-0.05, 0) is 40.0 Å². The number of rotatable bonds is 3. The van der Waals surface area contributed by atoms with Gasteiger partial charge in [0.25, 0.3) is 11.5 Å². The van der Waals surface area contributed by atoms with E-state index in [1.165, 1.54) is 21.9 Å². The van der Waals surface area contributed by atoms with Crippen molar-refractivity contribution < 1.29 is 9.90 Å². The van der Waals surface area contributed by atoms with Gasteiger partial charge in [0.05, 0.1) is 6.10 Å². The number of carbonyl (C=O) groups is 1. The summed E-state index contributed by atoms with van der Waals surface area (Å²) in [5.74, 6) is -0.275. The number of nitrogens with zero attached hydrogens (tertiary/aromatic N) is 3. The Morgan fingerprint density at radius 3 is 2.96 bits per heavy atom. The molecule has 0 aliphatic carbocycles. The summed E-state index contributed by atoms with van der Waals surface area (Å²) in [6.45, 7) is 6.15. The van der Waals surface area contributed by atoms with Gasteiger partial charge < -0.3 is 10.0 Å². The molecule has 2 atom stereocenters. The zero-order chi connectivity index (χ0) is 16.7. The number of amides is 1. The van der Waals surface area contributed by atoms with E-state index in [1.54, 1.807) is 11.8 Å². The average Bonchev–Trinajstić information content (AvgIpc) is 3.04. The van der Waals surface area contributed by atoms with Crippen molar-refractivity contribution >= 4 is 22.2 Å². The van der Waals surface area contributed by atoms with Crippen molar-refractivity contribution in [2.45, 2.75) is 52.2 Å². The summed E-state index contributed by atoms with van der Waals surface area (Å²) in [7, 11) is 0. The first kappa shape index (κ1) is 16.1. The van der Waals surface area contributed by atoms with Gasteiger partial charge in [-0.25, -0.2) is 4.98 Å². The maximum absolute atomic E-state index is 12.8. The smallest absolute Gasteiger partial charge is 0.271 e. The highest BCUT2D eigenvalue weighted by molar-refractivity contribution is 7.17. The molecule has 6 nitrogen and oxygen atoms in total. The van der Waals surface area contributed by atoms with Crippen molar-refractivity contribution in [1.29, 1.82) is 0 Å². The fourth-order valence-corrected chi connectivity index (χ4v) is 4.15.